The fourth-order valence-electron chi connectivity index (χ4n) is 1.23. The summed E-state index contributed by atoms with van der Waals surface area (Å²) in [6.07, 6.45) is -0.537. The fraction of sp³-hybridized carbons (Fsp3) is 0.111. The van der Waals surface area contributed by atoms with Crippen LogP contribution in [0.5, 0.6) is 0 Å². The van der Waals surface area contributed by atoms with Gasteiger partial charge in [0.1, 0.15) is 0 Å². The second-order valence-corrected chi connectivity index (χ2v) is 3.46. The number of amides is 1. The molecule has 0 aliphatic rings. The molecular formula is C9H9N5O2S. The molecule has 1 amide bonds. The number of ether oxygens (including phenoxy) is 1. The highest BCUT2D eigenvalue weighted by atomic mass is 32.1. The van der Waals surface area contributed by atoms with E-state index < -0.39 is 6.09 Å². The molecule has 0 saturated carbocycles. The van der Waals surface area contributed by atoms with Crippen molar-refractivity contribution in [3.05, 3.63) is 24.3 Å². The number of aromatic nitrogens is 4. The minimum atomic E-state index is -0.537. The van der Waals surface area contributed by atoms with Crippen molar-refractivity contribution in [2.45, 2.75) is 5.16 Å². The molecule has 0 radical (unpaired) electrons. The van der Waals surface area contributed by atoms with E-state index in [2.05, 4.69) is 38.2 Å². The van der Waals surface area contributed by atoms with E-state index in [1.807, 2.05) is 0 Å². The van der Waals surface area contributed by atoms with E-state index in [4.69, 9.17) is 0 Å². The lowest BCUT2D eigenvalue weighted by atomic mass is 10.3. The zero-order valence-corrected chi connectivity index (χ0v) is 9.76. The van der Waals surface area contributed by atoms with Crippen LogP contribution in [0.1, 0.15) is 0 Å². The van der Waals surface area contributed by atoms with Gasteiger partial charge in [-0.15, -0.1) is 17.7 Å². The normalized spacial score (nSPS) is 10.0. The van der Waals surface area contributed by atoms with Gasteiger partial charge >= 0.3 is 6.09 Å². The second kappa shape index (κ2) is 4.83. The number of hydrogen-bond acceptors (Lipinski definition) is 6. The Bertz CT molecular complexity index is 542. The van der Waals surface area contributed by atoms with Gasteiger partial charge in [0.25, 0.3) is 0 Å². The predicted molar refractivity (Wildman–Crippen MR) is 62.4 cm³/mol. The van der Waals surface area contributed by atoms with Gasteiger partial charge in [-0.25, -0.2) is 4.79 Å². The molecule has 88 valence electrons. The van der Waals surface area contributed by atoms with Gasteiger partial charge in [0.15, 0.2) is 0 Å². The van der Waals surface area contributed by atoms with Crippen molar-refractivity contribution < 1.29 is 9.53 Å². The van der Waals surface area contributed by atoms with Crippen LogP contribution in [0.4, 0.5) is 10.5 Å². The van der Waals surface area contributed by atoms with Gasteiger partial charge in [-0.3, -0.25) is 5.32 Å². The summed E-state index contributed by atoms with van der Waals surface area (Å²) in [7, 11) is 1.30. The summed E-state index contributed by atoms with van der Waals surface area (Å²) in [6.45, 7) is 0. The first kappa shape index (κ1) is 11.4. The van der Waals surface area contributed by atoms with Crippen molar-refractivity contribution in [3.8, 4) is 5.69 Å². The van der Waals surface area contributed by atoms with Gasteiger partial charge in [-0.05, 0) is 28.6 Å². The van der Waals surface area contributed by atoms with Gasteiger partial charge in [0, 0.05) is 5.69 Å². The zero-order valence-electron chi connectivity index (χ0n) is 8.86. The smallest absolute Gasteiger partial charge is 0.411 e. The summed E-state index contributed by atoms with van der Waals surface area (Å²) in [6, 6.07) is 6.98. The van der Waals surface area contributed by atoms with Gasteiger partial charge < -0.3 is 4.74 Å². The quantitative estimate of drug-likeness (QED) is 0.782. The Morgan fingerprint density at radius 3 is 3.00 bits per heavy atom. The monoisotopic (exact) mass is 251 g/mol. The standard InChI is InChI=1S/C9H9N5O2S/c1-16-9(15)10-6-3-2-4-7(5-6)14-8(17)11-12-13-14/h2-5H,1H3,(H,10,15)(H,11,13,17). The molecule has 0 unspecified atom stereocenters. The molecule has 0 spiro atoms. The number of methoxy groups -OCH3 is 1. The highest BCUT2D eigenvalue weighted by Crippen LogP contribution is 2.15. The van der Waals surface area contributed by atoms with Gasteiger partial charge in [0.05, 0.1) is 12.8 Å². The summed E-state index contributed by atoms with van der Waals surface area (Å²) in [4.78, 5) is 11.1. The molecule has 0 saturated heterocycles. The lowest BCUT2D eigenvalue weighted by Crippen LogP contribution is -2.11. The Hall–Kier alpha value is -2.09. The maximum atomic E-state index is 11.1. The van der Waals surface area contributed by atoms with Crippen LogP contribution in [-0.4, -0.2) is 33.4 Å². The van der Waals surface area contributed by atoms with Crippen LogP contribution in [0.15, 0.2) is 29.4 Å². The van der Waals surface area contributed by atoms with E-state index >= 15 is 0 Å². The number of anilines is 1. The molecule has 0 bridgehead atoms. The van der Waals surface area contributed by atoms with E-state index in [1.165, 1.54) is 11.8 Å². The van der Waals surface area contributed by atoms with E-state index in [-0.39, 0.29) is 0 Å². The SMILES string of the molecule is COC(=O)Nc1cccc(-n2nnnc2S)c1. The third-order valence-electron chi connectivity index (χ3n) is 1.98. The first-order valence-corrected chi connectivity index (χ1v) is 5.08. The van der Waals surface area contributed by atoms with Crippen LogP contribution in [-0.2, 0) is 4.74 Å². The maximum Gasteiger partial charge on any atom is 0.411 e. The number of nitrogens with zero attached hydrogens (tertiary/aromatic N) is 4. The average molecular weight is 251 g/mol. The van der Waals surface area contributed by atoms with Crippen molar-refractivity contribution in [1.29, 1.82) is 0 Å². The van der Waals surface area contributed by atoms with Crippen molar-refractivity contribution in [3.63, 3.8) is 0 Å². The Labute approximate surface area is 102 Å². The molecule has 1 aromatic carbocycles. The molecule has 1 N–H and O–H groups in total. The fourth-order valence-corrected chi connectivity index (χ4v) is 1.43. The van der Waals surface area contributed by atoms with Crippen LogP contribution in [0.3, 0.4) is 0 Å². The number of carbonyl (C=O) groups is 1. The van der Waals surface area contributed by atoms with Crippen LogP contribution >= 0.6 is 12.6 Å². The van der Waals surface area contributed by atoms with Crippen LogP contribution < -0.4 is 5.32 Å². The summed E-state index contributed by atoms with van der Waals surface area (Å²) >= 11 is 4.10. The molecule has 1 heterocycles. The molecular weight excluding hydrogens is 242 g/mol. The number of rotatable bonds is 2. The lowest BCUT2D eigenvalue weighted by molar-refractivity contribution is 0.187. The third-order valence-corrected chi connectivity index (χ3v) is 2.25. The number of carbonyl (C=O) groups excluding carboxylic acids is 1. The molecule has 0 aliphatic heterocycles. The molecule has 0 atom stereocenters. The van der Waals surface area contributed by atoms with E-state index in [0.717, 1.165) is 0 Å². The summed E-state index contributed by atoms with van der Waals surface area (Å²) in [5.41, 5.74) is 1.27. The molecule has 1 aromatic heterocycles. The van der Waals surface area contributed by atoms with E-state index in [1.54, 1.807) is 24.3 Å². The summed E-state index contributed by atoms with van der Waals surface area (Å²) in [5.74, 6) is 0. The summed E-state index contributed by atoms with van der Waals surface area (Å²) < 4.78 is 5.93. The van der Waals surface area contributed by atoms with Crippen LogP contribution in [0.2, 0.25) is 0 Å². The molecule has 8 heteroatoms. The van der Waals surface area contributed by atoms with Gasteiger partial charge in [0.2, 0.25) is 5.16 Å². The first-order chi connectivity index (χ1) is 8.20. The van der Waals surface area contributed by atoms with E-state index in [0.29, 0.717) is 16.5 Å². The van der Waals surface area contributed by atoms with Gasteiger partial charge in [-0.2, -0.15) is 4.68 Å². The highest BCUT2D eigenvalue weighted by molar-refractivity contribution is 7.80. The van der Waals surface area contributed by atoms with E-state index in [9.17, 15) is 4.79 Å². The highest BCUT2D eigenvalue weighted by Gasteiger charge is 2.06. The second-order valence-electron chi connectivity index (χ2n) is 3.06. The van der Waals surface area contributed by atoms with Crippen molar-refractivity contribution in [2.75, 3.05) is 12.4 Å². The number of hydrogen-bond donors (Lipinski definition) is 2. The molecule has 7 nitrogen and oxygen atoms in total. The summed E-state index contributed by atoms with van der Waals surface area (Å²) in [5, 5.41) is 13.8. The lowest BCUT2D eigenvalue weighted by Gasteiger charge is -2.06. The van der Waals surface area contributed by atoms with Gasteiger partial charge in [-0.1, -0.05) is 6.07 Å². The Balaban J connectivity index is 2.29. The van der Waals surface area contributed by atoms with Crippen molar-refractivity contribution >= 4 is 24.4 Å². The zero-order chi connectivity index (χ0) is 12.3. The third kappa shape index (κ3) is 2.53. The molecule has 2 rings (SSSR count). The Morgan fingerprint density at radius 1 is 1.53 bits per heavy atom. The minimum Gasteiger partial charge on any atom is -0.453 e. The number of nitrogens with one attached hydrogen (secondary N) is 1. The number of benzene rings is 1. The molecule has 0 fully saturated rings. The molecule has 0 aliphatic carbocycles. The Morgan fingerprint density at radius 2 is 2.35 bits per heavy atom. The number of tetrazole rings is 1. The molecule has 2 aromatic rings. The topological polar surface area (TPSA) is 81.9 Å². The Kier molecular flexibility index (Phi) is 3.24. The van der Waals surface area contributed by atoms with Crippen molar-refractivity contribution in [2.24, 2.45) is 0 Å². The molecule has 17 heavy (non-hydrogen) atoms. The number of thiol groups is 1. The largest absolute Gasteiger partial charge is 0.453 e. The minimum absolute atomic E-state index is 0.361. The average Bonchev–Trinajstić information content (AvgIpc) is 2.75. The van der Waals surface area contributed by atoms with Crippen molar-refractivity contribution in [1.82, 2.24) is 20.2 Å². The van der Waals surface area contributed by atoms with Crippen LogP contribution in [0, 0.1) is 0 Å². The van der Waals surface area contributed by atoms with Crippen LogP contribution in [0.25, 0.3) is 5.69 Å². The predicted octanol–water partition coefficient (Wildman–Crippen LogP) is 1.13. The maximum absolute atomic E-state index is 11.1. The first-order valence-electron chi connectivity index (χ1n) is 4.63.